The number of hydrogen-bond acceptors (Lipinski definition) is 5. The van der Waals surface area contributed by atoms with Crippen molar-refractivity contribution in [2.24, 2.45) is 5.92 Å². The van der Waals surface area contributed by atoms with Gasteiger partial charge in [-0.2, -0.15) is 0 Å². The van der Waals surface area contributed by atoms with Gasteiger partial charge in [0.25, 0.3) is 5.91 Å². The summed E-state index contributed by atoms with van der Waals surface area (Å²) in [5, 5.41) is 3.07. The number of aryl methyl sites for hydroxylation is 1. The molecular weight excluding hydrogens is 296 g/mol. The van der Waals surface area contributed by atoms with E-state index in [9.17, 15) is 4.79 Å². The number of nitrogens with zero attached hydrogens (tertiary/aromatic N) is 3. The monoisotopic (exact) mass is 316 g/mol. The van der Waals surface area contributed by atoms with Crippen LogP contribution in [-0.4, -0.2) is 40.9 Å². The Bertz CT molecular complexity index is 643. The Hall–Kier alpha value is -1.79. The Balaban J connectivity index is 1.67. The van der Waals surface area contributed by atoms with Gasteiger partial charge in [-0.05, 0) is 44.5 Å². The van der Waals surface area contributed by atoms with Crippen LogP contribution in [-0.2, 0) is 0 Å². The zero-order valence-electron chi connectivity index (χ0n) is 12.8. The molecule has 0 saturated carbocycles. The van der Waals surface area contributed by atoms with Crippen LogP contribution >= 0.6 is 11.3 Å². The molecule has 1 N–H and O–H groups in total. The fraction of sp³-hybridized carbons (Fsp3) is 0.438. The highest BCUT2D eigenvalue weighted by Crippen LogP contribution is 2.35. The molecule has 2 atom stereocenters. The Morgan fingerprint density at radius 3 is 3.09 bits per heavy atom. The number of nitrogens with one attached hydrogen (secondary N) is 1. The number of carbonyl (C=O) groups is 1. The van der Waals surface area contributed by atoms with Gasteiger partial charge in [0.15, 0.2) is 0 Å². The molecule has 1 saturated heterocycles. The second-order valence-electron chi connectivity index (χ2n) is 5.74. The quantitative estimate of drug-likeness (QED) is 0.940. The first kappa shape index (κ1) is 15.1. The standard InChI is InChI=1S/C16H20N4OS/c1-11-15(22-10-19-11)16(21)18-9-13-5-7-20(2)14(13)12-4-3-6-17-8-12/h3-4,6,8,10,13-14H,5,7,9H2,1-2H3,(H,18,21)/t13-,14-/m0/s1. The molecule has 0 bridgehead atoms. The summed E-state index contributed by atoms with van der Waals surface area (Å²) in [4.78, 5) is 23.7. The Kier molecular flexibility index (Phi) is 4.49. The third kappa shape index (κ3) is 3.03. The minimum Gasteiger partial charge on any atom is -0.351 e. The fourth-order valence-electron chi connectivity index (χ4n) is 3.14. The van der Waals surface area contributed by atoms with Gasteiger partial charge < -0.3 is 5.32 Å². The van der Waals surface area contributed by atoms with E-state index in [-0.39, 0.29) is 5.91 Å². The van der Waals surface area contributed by atoms with Crippen molar-refractivity contribution in [1.82, 2.24) is 20.2 Å². The molecule has 0 spiro atoms. The number of pyridine rings is 1. The van der Waals surface area contributed by atoms with Gasteiger partial charge in [0.1, 0.15) is 4.88 Å². The lowest BCUT2D eigenvalue weighted by atomic mass is 9.95. The molecule has 22 heavy (non-hydrogen) atoms. The third-order valence-corrected chi connectivity index (χ3v) is 5.20. The van der Waals surface area contributed by atoms with Crippen molar-refractivity contribution in [2.75, 3.05) is 20.1 Å². The van der Waals surface area contributed by atoms with Crippen LogP contribution in [0.4, 0.5) is 0 Å². The smallest absolute Gasteiger partial charge is 0.263 e. The predicted molar refractivity (Wildman–Crippen MR) is 86.9 cm³/mol. The van der Waals surface area contributed by atoms with Crippen molar-refractivity contribution < 1.29 is 4.79 Å². The van der Waals surface area contributed by atoms with Gasteiger partial charge in [-0.15, -0.1) is 11.3 Å². The molecule has 2 aromatic rings. The van der Waals surface area contributed by atoms with Crippen LogP contribution in [0, 0.1) is 12.8 Å². The molecule has 3 heterocycles. The Morgan fingerprint density at radius 1 is 1.55 bits per heavy atom. The maximum atomic E-state index is 12.2. The Morgan fingerprint density at radius 2 is 2.41 bits per heavy atom. The molecule has 0 aliphatic carbocycles. The Labute approximate surface area is 134 Å². The van der Waals surface area contributed by atoms with Gasteiger partial charge in [-0.1, -0.05) is 6.07 Å². The summed E-state index contributed by atoms with van der Waals surface area (Å²) in [6.45, 7) is 3.59. The van der Waals surface area contributed by atoms with Crippen LogP contribution in [0.1, 0.15) is 33.4 Å². The van der Waals surface area contributed by atoms with Crippen LogP contribution in [0.15, 0.2) is 30.0 Å². The molecular formula is C16H20N4OS. The predicted octanol–water partition coefficient (Wildman–Crippen LogP) is 2.27. The zero-order chi connectivity index (χ0) is 15.5. The van der Waals surface area contributed by atoms with Gasteiger partial charge in [-0.25, -0.2) is 4.98 Å². The lowest BCUT2D eigenvalue weighted by Crippen LogP contribution is -2.32. The number of carbonyl (C=O) groups excluding carboxylic acids is 1. The molecule has 0 aromatic carbocycles. The molecule has 6 heteroatoms. The molecule has 1 aliphatic heterocycles. The second kappa shape index (κ2) is 6.54. The highest BCUT2D eigenvalue weighted by Gasteiger charge is 2.33. The highest BCUT2D eigenvalue weighted by atomic mass is 32.1. The first-order chi connectivity index (χ1) is 10.7. The van der Waals surface area contributed by atoms with Crippen LogP contribution in [0.25, 0.3) is 0 Å². The van der Waals surface area contributed by atoms with Crippen molar-refractivity contribution in [3.63, 3.8) is 0 Å². The summed E-state index contributed by atoms with van der Waals surface area (Å²) in [6, 6.07) is 4.40. The highest BCUT2D eigenvalue weighted by molar-refractivity contribution is 7.11. The van der Waals surface area contributed by atoms with Gasteiger partial charge in [0.2, 0.25) is 0 Å². The first-order valence-corrected chi connectivity index (χ1v) is 8.33. The van der Waals surface area contributed by atoms with Crippen LogP contribution in [0.5, 0.6) is 0 Å². The summed E-state index contributed by atoms with van der Waals surface area (Å²) >= 11 is 1.39. The van der Waals surface area contributed by atoms with Crippen LogP contribution in [0.2, 0.25) is 0 Å². The lowest BCUT2D eigenvalue weighted by Gasteiger charge is -2.25. The molecule has 1 aliphatic rings. The summed E-state index contributed by atoms with van der Waals surface area (Å²) < 4.78 is 0. The van der Waals surface area contributed by atoms with Gasteiger partial charge in [-0.3, -0.25) is 14.7 Å². The fourth-order valence-corrected chi connectivity index (χ4v) is 3.86. The molecule has 2 aromatic heterocycles. The number of rotatable bonds is 4. The number of amides is 1. The summed E-state index contributed by atoms with van der Waals surface area (Å²) in [6.07, 6.45) is 4.80. The summed E-state index contributed by atoms with van der Waals surface area (Å²) in [7, 11) is 2.13. The number of hydrogen-bond donors (Lipinski definition) is 1. The maximum Gasteiger partial charge on any atom is 0.263 e. The first-order valence-electron chi connectivity index (χ1n) is 7.45. The van der Waals surface area contributed by atoms with E-state index in [2.05, 4.69) is 33.3 Å². The largest absolute Gasteiger partial charge is 0.351 e. The topological polar surface area (TPSA) is 58.1 Å². The molecule has 1 fully saturated rings. The van der Waals surface area contributed by atoms with E-state index in [0.29, 0.717) is 23.4 Å². The van der Waals surface area contributed by atoms with E-state index < -0.39 is 0 Å². The van der Waals surface area contributed by atoms with E-state index >= 15 is 0 Å². The molecule has 1 amide bonds. The van der Waals surface area contributed by atoms with Gasteiger partial charge in [0, 0.05) is 25.0 Å². The zero-order valence-corrected chi connectivity index (χ0v) is 13.6. The average Bonchev–Trinajstić information content (AvgIpc) is 3.11. The molecule has 5 nitrogen and oxygen atoms in total. The molecule has 3 rings (SSSR count). The number of likely N-dealkylation sites (tertiary alicyclic amines) is 1. The molecule has 116 valence electrons. The third-order valence-electron chi connectivity index (χ3n) is 4.28. The minimum atomic E-state index is -0.0144. The molecule has 0 unspecified atom stereocenters. The van der Waals surface area contributed by atoms with Gasteiger partial charge >= 0.3 is 0 Å². The lowest BCUT2D eigenvalue weighted by molar-refractivity contribution is 0.0947. The molecule has 0 radical (unpaired) electrons. The summed E-state index contributed by atoms with van der Waals surface area (Å²) in [5.74, 6) is 0.394. The normalized spacial score (nSPS) is 21.9. The SMILES string of the molecule is Cc1ncsc1C(=O)NC[C@@H]1CCN(C)[C@H]1c1cccnc1. The number of thiazole rings is 1. The van der Waals surface area contributed by atoms with Crippen molar-refractivity contribution in [1.29, 1.82) is 0 Å². The van der Waals surface area contributed by atoms with E-state index in [1.807, 2.05) is 19.2 Å². The van der Waals surface area contributed by atoms with E-state index in [4.69, 9.17) is 0 Å². The van der Waals surface area contributed by atoms with E-state index in [1.54, 1.807) is 11.7 Å². The average molecular weight is 316 g/mol. The number of aromatic nitrogens is 2. The van der Waals surface area contributed by atoms with E-state index in [0.717, 1.165) is 18.7 Å². The minimum absolute atomic E-state index is 0.0144. The van der Waals surface area contributed by atoms with Crippen LogP contribution < -0.4 is 5.32 Å². The van der Waals surface area contributed by atoms with Crippen molar-refractivity contribution in [2.45, 2.75) is 19.4 Å². The van der Waals surface area contributed by atoms with Crippen molar-refractivity contribution in [3.05, 3.63) is 46.2 Å². The van der Waals surface area contributed by atoms with Crippen molar-refractivity contribution in [3.8, 4) is 0 Å². The summed E-state index contributed by atoms with van der Waals surface area (Å²) in [5.41, 5.74) is 3.73. The van der Waals surface area contributed by atoms with Crippen molar-refractivity contribution >= 4 is 17.2 Å². The second-order valence-corrected chi connectivity index (χ2v) is 6.59. The van der Waals surface area contributed by atoms with Crippen LogP contribution in [0.3, 0.4) is 0 Å². The van der Waals surface area contributed by atoms with Gasteiger partial charge in [0.05, 0.1) is 11.2 Å². The maximum absolute atomic E-state index is 12.2. The van der Waals surface area contributed by atoms with E-state index in [1.165, 1.54) is 16.9 Å².